The maximum absolute atomic E-state index is 12.9. The zero-order valence-electron chi connectivity index (χ0n) is 11.9. The highest BCUT2D eigenvalue weighted by Crippen LogP contribution is 2.27. The van der Waals surface area contributed by atoms with Crippen LogP contribution in [0.25, 0.3) is 0 Å². The fourth-order valence-electron chi connectivity index (χ4n) is 1.65. The SMILES string of the molecule is CC(NCC(C)C(C)(C)C)c1ccc(F)cc1O. The monoisotopic (exact) mass is 253 g/mol. The van der Waals surface area contributed by atoms with Gasteiger partial charge in [0, 0.05) is 17.7 Å². The highest BCUT2D eigenvalue weighted by Gasteiger charge is 2.20. The van der Waals surface area contributed by atoms with E-state index in [0.717, 1.165) is 18.2 Å². The predicted octanol–water partition coefficient (Wildman–Crippen LogP) is 3.86. The molecule has 0 aliphatic rings. The third kappa shape index (κ3) is 3.98. The van der Waals surface area contributed by atoms with E-state index in [9.17, 15) is 9.50 Å². The smallest absolute Gasteiger partial charge is 0.126 e. The van der Waals surface area contributed by atoms with Crippen molar-refractivity contribution in [3.05, 3.63) is 29.6 Å². The second kappa shape index (κ2) is 5.70. The zero-order valence-corrected chi connectivity index (χ0v) is 11.9. The van der Waals surface area contributed by atoms with Gasteiger partial charge in [-0.3, -0.25) is 0 Å². The lowest BCUT2D eigenvalue weighted by atomic mass is 9.82. The number of phenolic OH excluding ortho intramolecular Hbond substituents is 1. The summed E-state index contributed by atoms with van der Waals surface area (Å²) in [6.45, 7) is 11.7. The van der Waals surface area contributed by atoms with Crippen LogP contribution in [-0.2, 0) is 0 Å². The molecule has 1 aromatic rings. The molecule has 2 atom stereocenters. The summed E-state index contributed by atoms with van der Waals surface area (Å²) < 4.78 is 12.9. The zero-order chi connectivity index (χ0) is 13.9. The summed E-state index contributed by atoms with van der Waals surface area (Å²) in [6.07, 6.45) is 0. The van der Waals surface area contributed by atoms with Crippen molar-refractivity contribution >= 4 is 0 Å². The van der Waals surface area contributed by atoms with E-state index in [4.69, 9.17) is 0 Å². The summed E-state index contributed by atoms with van der Waals surface area (Å²) in [6, 6.07) is 4.17. The van der Waals surface area contributed by atoms with Gasteiger partial charge in [-0.2, -0.15) is 0 Å². The largest absolute Gasteiger partial charge is 0.508 e. The molecule has 2 nitrogen and oxygen atoms in total. The fraction of sp³-hybridized carbons (Fsp3) is 0.600. The van der Waals surface area contributed by atoms with Gasteiger partial charge in [0.2, 0.25) is 0 Å². The molecule has 0 aromatic heterocycles. The third-order valence-electron chi connectivity index (χ3n) is 3.67. The molecule has 0 saturated carbocycles. The van der Waals surface area contributed by atoms with Crippen LogP contribution in [0.15, 0.2) is 18.2 Å². The van der Waals surface area contributed by atoms with Crippen molar-refractivity contribution in [3.8, 4) is 5.75 Å². The van der Waals surface area contributed by atoms with E-state index >= 15 is 0 Å². The van der Waals surface area contributed by atoms with Gasteiger partial charge in [-0.15, -0.1) is 0 Å². The average molecular weight is 253 g/mol. The van der Waals surface area contributed by atoms with E-state index in [2.05, 4.69) is 33.0 Å². The first kappa shape index (κ1) is 15.0. The Morgan fingerprint density at radius 3 is 2.39 bits per heavy atom. The number of benzene rings is 1. The van der Waals surface area contributed by atoms with Crippen molar-refractivity contribution in [1.29, 1.82) is 0 Å². The summed E-state index contributed by atoms with van der Waals surface area (Å²) in [4.78, 5) is 0. The highest BCUT2D eigenvalue weighted by molar-refractivity contribution is 5.34. The molecular weight excluding hydrogens is 229 g/mol. The first-order chi connectivity index (χ1) is 8.21. The summed E-state index contributed by atoms with van der Waals surface area (Å²) in [7, 11) is 0. The molecular formula is C15H24FNO. The Kier molecular flexibility index (Phi) is 4.74. The van der Waals surface area contributed by atoms with Crippen molar-refractivity contribution in [2.45, 2.75) is 40.7 Å². The number of halogens is 1. The van der Waals surface area contributed by atoms with E-state index in [1.54, 1.807) is 6.07 Å². The third-order valence-corrected chi connectivity index (χ3v) is 3.67. The van der Waals surface area contributed by atoms with E-state index in [1.807, 2.05) is 6.92 Å². The molecule has 0 amide bonds. The van der Waals surface area contributed by atoms with Crippen molar-refractivity contribution in [3.63, 3.8) is 0 Å². The molecule has 0 fully saturated rings. The van der Waals surface area contributed by atoms with Gasteiger partial charge in [-0.1, -0.05) is 33.8 Å². The van der Waals surface area contributed by atoms with E-state index in [-0.39, 0.29) is 17.2 Å². The molecule has 3 heteroatoms. The molecule has 2 N–H and O–H groups in total. The van der Waals surface area contributed by atoms with E-state index in [1.165, 1.54) is 6.07 Å². The molecule has 2 unspecified atom stereocenters. The molecule has 0 aliphatic carbocycles. The van der Waals surface area contributed by atoms with Crippen LogP contribution in [0.2, 0.25) is 0 Å². The summed E-state index contributed by atoms with van der Waals surface area (Å²) in [5.74, 6) is 0.118. The Bertz CT molecular complexity index is 398. The first-order valence-corrected chi connectivity index (χ1v) is 6.43. The standard InChI is InChI=1S/C15H24FNO/c1-10(15(3,4)5)9-17-11(2)13-7-6-12(16)8-14(13)18/h6-8,10-11,17-18H,9H2,1-5H3. The van der Waals surface area contributed by atoms with Crippen LogP contribution in [0.1, 0.15) is 46.2 Å². The quantitative estimate of drug-likeness (QED) is 0.854. The second-order valence-corrected chi connectivity index (χ2v) is 6.10. The van der Waals surface area contributed by atoms with Crippen molar-refractivity contribution in [1.82, 2.24) is 5.32 Å². The predicted molar refractivity (Wildman–Crippen MR) is 73.1 cm³/mol. The van der Waals surface area contributed by atoms with Crippen LogP contribution >= 0.6 is 0 Å². The van der Waals surface area contributed by atoms with Crippen LogP contribution in [-0.4, -0.2) is 11.7 Å². The number of phenols is 1. The minimum Gasteiger partial charge on any atom is -0.508 e. The topological polar surface area (TPSA) is 32.3 Å². The van der Waals surface area contributed by atoms with Gasteiger partial charge in [0.25, 0.3) is 0 Å². The number of aromatic hydroxyl groups is 1. The lowest BCUT2D eigenvalue weighted by Crippen LogP contribution is -2.31. The maximum Gasteiger partial charge on any atom is 0.126 e. The van der Waals surface area contributed by atoms with Crippen LogP contribution in [0, 0.1) is 17.2 Å². The normalized spacial score (nSPS) is 15.4. The number of nitrogens with one attached hydrogen (secondary N) is 1. The van der Waals surface area contributed by atoms with Crippen molar-refractivity contribution < 1.29 is 9.50 Å². The molecule has 0 spiro atoms. The Morgan fingerprint density at radius 1 is 1.28 bits per heavy atom. The van der Waals surface area contributed by atoms with Crippen molar-refractivity contribution in [2.75, 3.05) is 6.54 Å². The van der Waals surface area contributed by atoms with Crippen LogP contribution in [0.5, 0.6) is 5.75 Å². The molecule has 18 heavy (non-hydrogen) atoms. The van der Waals surface area contributed by atoms with Crippen molar-refractivity contribution in [2.24, 2.45) is 11.3 Å². The van der Waals surface area contributed by atoms with Gasteiger partial charge < -0.3 is 10.4 Å². The molecule has 0 radical (unpaired) electrons. The molecule has 0 bridgehead atoms. The Morgan fingerprint density at radius 2 is 1.89 bits per heavy atom. The molecule has 0 aliphatic heterocycles. The minimum absolute atomic E-state index is 0.00963. The molecule has 1 aromatic carbocycles. The van der Waals surface area contributed by atoms with Gasteiger partial charge in [0.1, 0.15) is 11.6 Å². The molecule has 1 rings (SSSR count). The Labute approximate surface area is 109 Å². The molecule has 0 saturated heterocycles. The van der Waals surface area contributed by atoms with Gasteiger partial charge >= 0.3 is 0 Å². The molecule has 0 heterocycles. The van der Waals surface area contributed by atoms with E-state index < -0.39 is 5.82 Å². The number of hydrogen-bond acceptors (Lipinski definition) is 2. The summed E-state index contributed by atoms with van der Waals surface area (Å²) in [5.41, 5.74) is 0.981. The van der Waals surface area contributed by atoms with Crippen LogP contribution < -0.4 is 5.32 Å². The van der Waals surface area contributed by atoms with Gasteiger partial charge in [-0.25, -0.2) is 4.39 Å². The second-order valence-electron chi connectivity index (χ2n) is 6.10. The Balaban J connectivity index is 2.63. The minimum atomic E-state index is -0.411. The highest BCUT2D eigenvalue weighted by atomic mass is 19.1. The fourth-order valence-corrected chi connectivity index (χ4v) is 1.65. The molecule has 102 valence electrons. The first-order valence-electron chi connectivity index (χ1n) is 6.43. The number of hydrogen-bond donors (Lipinski definition) is 2. The van der Waals surface area contributed by atoms with E-state index in [0.29, 0.717) is 5.92 Å². The van der Waals surface area contributed by atoms with Gasteiger partial charge in [0.15, 0.2) is 0 Å². The maximum atomic E-state index is 12.9. The summed E-state index contributed by atoms with van der Waals surface area (Å²) >= 11 is 0. The van der Waals surface area contributed by atoms with Gasteiger partial charge in [0.05, 0.1) is 0 Å². The summed E-state index contributed by atoms with van der Waals surface area (Å²) in [5, 5.41) is 13.1. The van der Waals surface area contributed by atoms with Crippen LogP contribution in [0.4, 0.5) is 4.39 Å². The number of rotatable bonds is 4. The Hall–Kier alpha value is -1.09. The average Bonchev–Trinajstić information content (AvgIpc) is 2.24. The lowest BCUT2D eigenvalue weighted by Gasteiger charge is -2.29. The van der Waals surface area contributed by atoms with Crippen LogP contribution in [0.3, 0.4) is 0 Å². The van der Waals surface area contributed by atoms with Gasteiger partial charge in [-0.05, 0) is 30.9 Å². The lowest BCUT2D eigenvalue weighted by molar-refractivity contribution is 0.246.